The van der Waals surface area contributed by atoms with Crippen molar-refractivity contribution in [3.8, 4) is 0 Å². The Bertz CT molecular complexity index is 320. The fourth-order valence-corrected chi connectivity index (χ4v) is 4.29. The minimum atomic E-state index is -0.631. The molecule has 2 heteroatoms. The van der Waals surface area contributed by atoms with Crippen LogP contribution in [0.1, 0.15) is 26.2 Å². The second kappa shape index (κ2) is 3.10. The molecule has 1 N–H and O–H groups in total. The van der Waals surface area contributed by atoms with Gasteiger partial charge in [0.15, 0.2) is 0 Å². The van der Waals surface area contributed by atoms with Gasteiger partial charge in [-0.3, -0.25) is 4.79 Å². The zero-order valence-electron chi connectivity index (χ0n) is 9.10. The second-order valence-corrected chi connectivity index (χ2v) is 5.58. The highest BCUT2D eigenvalue weighted by molar-refractivity contribution is 5.70. The Balaban J connectivity index is 1.83. The van der Waals surface area contributed by atoms with Crippen LogP contribution < -0.4 is 0 Å². The monoisotopic (exact) mass is 206 g/mol. The molecule has 0 radical (unpaired) electrons. The predicted octanol–water partition coefficient (Wildman–Crippen LogP) is 2.56. The summed E-state index contributed by atoms with van der Waals surface area (Å²) in [6.07, 6.45) is 8.60. The maximum absolute atomic E-state index is 11.0. The van der Waals surface area contributed by atoms with E-state index in [4.69, 9.17) is 5.11 Å². The van der Waals surface area contributed by atoms with Crippen LogP contribution in [-0.2, 0) is 4.79 Å². The maximum atomic E-state index is 11.0. The lowest BCUT2D eigenvalue weighted by molar-refractivity contribution is -0.143. The number of aliphatic carboxylic acids is 1. The summed E-state index contributed by atoms with van der Waals surface area (Å²) in [5.41, 5.74) is 0. The van der Waals surface area contributed by atoms with Crippen LogP contribution in [0, 0.1) is 35.5 Å². The number of hydrogen-bond acceptors (Lipinski definition) is 1. The van der Waals surface area contributed by atoms with Crippen molar-refractivity contribution in [3.63, 3.8) is 0 Å². The molecule has 0 aliphatic heterocycles. The summed E-state index contributed by atoms with van der Waals surface area (Å²) in [6, 6.07) is 0. The number of carboxylic acids is 1. The summed E-state index contributed by atoms with van der Waals surface area (Å²) in [5, 5.41) is 9.10. The molecule has 0 saturated heterocycles. The molecule has 2 saturated carbocycles. The fraction of sp³-hybridized carbons (Fsp3) is 0.769. The van der Waals surface area contributed by atoms with E-state index < -0.39 is 5.97 Å². The quantitative estimate of drug-likeness (QED) is 0.705. The van der Waals surface area contributed by atoms with Crippen LogP contribution in [-0.4, -0.2) is 11.1 Å². The third-order valence-electron chi connectivity index (χ3n) is 5.01. The maximum Gasteiger partial charge on any atom is 0.306 e. The van der Waals surface area contributed by atoms with Crippen molar-refractivity contribution in [1.29, 1.82) is 0 Å². The zero-order chi connectivity index (χ0) is 10.6. The standard InChI is InChI=1S/C13H18O2/c1-7(13(14)15)10-4-5-11-8-2-3-9(6-8)12(10)11/h4-5,7-12H,2-3,6H2,1H3,(H,14,15). The molecule has 82 valence electrons. The van der Waals surface area contributed by atoms with Crippen molar-refractivity contribution in [3.05, 3.63) is 12.2 Å². The van der Waals surface area contributed by atoms with E-state index in [0.717, 1.165) is 17.8 Å². The molecule has 6 unspecified atom stereocenters. The van der Waals surface area contributed by atoms with Crippen LogP contribution >= 0.6 is 0 Å². The van der Waals surface area contributed by atoms with Gasteiger partial charge in [0.1, 0.15) is 0 Å². The van der Waals surface area contributed by atoms with E-state index >= 15 is 0 Å². The largest absolute Gasteiger partial charge is 0.481 e. The van der Waals surface area contributed by atoms with E-state index in [0.29, 0.717) is 11.8 Å². The summed E-state index contributed by atoms with van der Waals surface area (Å²) >= 11 is 0. The average Bonchev–Trinajstić information content (AvgIpc) is 2.88. The third kappa shape index (κ3) is 1.20. The Hall–Kier alpha value is -0.790. The molecule has 0 aromatic carbocycles. The molecule has 2 bridgehead atoms. The normalized spacial score (nSPS) is 48.2. The highest BCUT2D eigenvalue weighted by Crippen LogP contribution is 2.59. The highest BCUT2D eigenvalue weighted by atomic mass is 16.4. The van der Waals surface area contributed by atoms with Crippen LogP contribution in [0.3, 0.4) is 0 Å². The van der Waals surface area contributed by atoms with Crippen molar-refractivity contribution >= 4 is 5.97 Å². The summed E-state index contributed by atoms with van der Waals surface area (Å²) in [4.78, 5) is 11.0. The van der Waals surface area contributed by atoms with Crippen molar-refractivity contribution in [1.82, 2.24) is 0 Å². The molecular formula is C13H18O2. The van der Waals surface area contributed by atoms with Gasteiger partial charge in [-0.1, -0.05) is 19.1 Å². The van der Waals surface area contributed by atoms with E-state index in [1.54, 1.807) is 0 Å². The summed E-state index contributed by atoms with van der Waals surface area (Å²) in [5.74, 6) is 2.56. The molecule has 6 atom stereocenters. The van der Waals surface area contributed by atoms with Crippen LogP contribution in [0.2, 0.25) is 0 Å². The molecule has 0 amide bonds. The van der Waals surface area contributed by atoms with Gasteiger partial charge in [0.2, 0.25) is 0 Å². The van der Waals surface area contributed by atoms with Gasteiger partial charge in [-0.2, -0.15) is 0 Å². The number of hydrogen-bond donors (Lipinski definition) is 1. The van der Waals surface area contributed by atoms with Gasteiger partial charge < -0.3 is 5.11 Å². The Morgan fingerprint density at radius 3 is 2.80 bits per heavy atom. The van der Waals surface area contributed by atoms with E-state index in [1.165, 1.54) is 19.3 Å². The highest BCUT2D eigenvalue weighted by Gasteiger charge is 2.52. The van der Waals surface area contributed by atoms with E-state index in [-0.39, 0.29) is 5.92 Å². The minimum absolute atomic E-state index is 0.199. The number of allylic oxidation sites excluding steroid dienone is 2. The van der Waals surface area contributed by atoms with Crippen molar-refractivity contribution in [2.45, 2.75) is 26.2 Å². The molecule has 2 fully saturated rings. The molecule has 0 heterocycles. The predicted molar refractivity (Wildman–Crippen MR) is 57.2 cm³/mol. The first-order valence-corrected chi connectivity index (χ1v) is 6.09. The number of fused-ring (bicyclic) bond motifs is 5. The molecule has 15 heavy (non-hydrogen) atoms. The molecule has 0 aromatic heterocycles. The van der Waals surface area contributed by atoms with Crippen molar-refractivity contribution in [2.24, 2.45) is 35.5 Å². The molecule has 0 aromatic rings. The van der Waals surface area contributed by atoms with Crippen LogP contribution in [0.15, 0.2) is 12.2 Å². The van der Waals surface area contributed by atoms with Crippen molar-refractivity contribution < 1.29 is 9.90 Å². The Morgan fingerprint density at radius 2 is 2.07 bits per heavy atom. The van der Waals surface area contributed by atoms with Gasteiger partial charge in [0.25, 0.3) is 0 Å². The topological polar surface area (TPSA) is 37.3 Å². The van der Waals surface area contributed by atoms with Crippen LogP contribution in [0.25, 0.3) is 0 Å². The van der Waals surface area contributed by atoms with Gasteiger partial charge in [0, 0.05) is 0 Å². The molecule has 3 aliphatic carbocycles. The average molecular weight is 206 g/mol. The van der Waals surface area contributed by atoms with Crippen LogP contribution in [0.4, 0.5) is 0 Å². The molecule has 3 aliphatic rings. The number of carbonyl (C=O) groups is 1. The Morgan fingerprint density at radius 1 is 1.33 bits per heavy atom. The Kier molecular flexibility index (Phi) is 1.95. The second-order valence-electron chi connectivity index (χ2n) is 5.58. The first-order valence-electron chi connectivity index (χ1n) is 6.09. The lowest BCUT2D eigenvalue weighted by Crippen LogP contribution is -2.30. The van der Waals surface area contributed by atoms with Gasteiger partial charge in [-0.05, 0) is 48.9 Å². The van der Waals surface area contributed by atoms with E-state index in [2.05, 4.69) is 12.2 Å². The molecule has 3 rings (SSSR count). The number of rotatable bonds is 2. The van der Waals surface area contributed by atoms with E-state index in [9.17, 15) is 4.79 Å². The molecular weight excluding hydrogens is 188 g/mol. The van der Waals surface area contributed by atoms with E-state index in [1.807, 2.05) is 6.92 Å². The summed E-state index contributed by atoms with van der Waals surface area (Å²) in [7, 11) is 0. The summed E-state index contributed by atoms with van der Waals surface area (Å²) in [6.45, 7) is 1.87. The SMILES string of the molecule is CC(C(=O)O)C1C=CC2C3CCC(C3)C21. The third-order valence-corrected chi connectivity index (χ3v) is 5.01. The molecule has 0 spiro atoms. The molecule has 2 nitrogen and oxygen atoms in total. The Labute approximate surface area is 90.4 Å². The first-order chi connectivity index (χ1) is 7.18. The van der Waals surface area contributed by atoms with Gasteiger partial charge in [0.05, 0.1) is 5.92 Å². The fourth-order valence-electron chi connectivity index (χ4n) is 4.29. The lowest BCUT2D eigenvalue weighted by Gasteiger charge is -2.31. The number of carboxylic acid groups (broad SMARTS) is 1. The minimum Gasteiger partial charge on any atom is -0.481 e. The first kappa shape index (κ1) is 9.44. The lowest BCUT2D eigenvalue weighted by atomic mass is 9.73. The van der Waals surface area contributed by atoms with Gasteiger partial charge in [-0.25, -0.2) is 0 Å². The van der Waals surface area contributed by atoms with Gasteiger partial charge >= 0.3 is 5.97 Å². The zero-order valence-corrected chi connectivity index (χ0v) is 9.10. The van der Waals surface area contributed by atoms with Crippen LogP contribution in [0.5, 0.6) is 0 Å². The van der Waals surface area contributed by atoms with Crippen molar-refractivity contribution in [2.75, 3.05) is 0 Å². The van der Waals surface area contributed by atoms with Gasteiger partial charge in [-0.15, -0.1) is 0 Å². The summed E-state index contributed by atoms with van der Waals surface area (Å²) < 4.78 is 0. The smallest absolute Gasteiger partial charge is 0.306 e.